The lowest BCUT2D eigenvalue weighted by Gasteiger charge is -2.26. The first-order valence-corrected chi connectivity index (χ1v) is 7.21. The number of nitriles is 1. The molecule has 0 aromatic heterocycles. The number of carbonyl (C=O) groups is 2. The number of carbonyl (C=O) groups excluding carboxylic acids is 2. The van der Waals surface area contributed by atoms with Crippen LogP contribution in [0.25, 0.3) is 0 Å². The van der Waals surface area contributed by atoms with Gasteiger partial charge < -0.3 is 10.2 Å². The highest BCUT2D eigenvalue weighted by atomic mass is 16.2. The van der Waals surface area contributed by atoms with Crippen LogP contribution in [0.1, 0.15) is 31.2 Å². The molecule has 2 amide bonds. The van der Waals surface area contributed by atoms with Crippen LogP contribution in [-0.4, -0.2) is 29.3 Å². The Morgan fingerprint density at radius 3 is 2.45 bits per heavy atom. The third kappa shape index (κ3) is 3.65. The van der Waals surface area contributed by atoms with Gasteiger partial charge in [0.05, 0.1) is 18.2 Å². The highest BCUT2D eigenvalue weighted by Gasteiger charge is 2.30. The van der Waals surface area contributed by atoms with Gasteiger partial charge in [-0.05, 0) is 37.1 Å². The summed E-state index contributed by atoms with van der Waals surface area (Å²) >= 11 is 0. The molecule has 0 unspecified atom stereocenters. The van der Waals surface area contributed by atoms with Gasteiger partial charge in [0.2, 0.25) is 0 Å². The van der Waals surface area contributed by atoms with E-state index in [4.69, 9.17) is 11.7 Å². The van der Waals surface area contributed by atoms with Gasteiger partial charge in [-0.1, -0.05) is 18.8 Å². The van der Waals surface area contributed by atoms with E-state index in [1.165, 1.54) is 4.90 Å². The minimum atomic E-state index is -0.702. The number of amides is 2. The third-order valence-corrected chi connectivity index (χ3v) is 3.75. The monoisotopic (exact) mass is 295 g/mol. The molecular weight excluding hydrogens is 278 g/mol. The second-order valence-electron chi connectivity index (χ2n) is 5.22. The van der Waals surface area contributed by atoms with Crippen LogP contribution in [0.2, 0.25) is 0 Å². The summed E-state index contributed by atoms with van der Waals surface area (Å²) in [4.78, 5) is 25.9. The summed E-state index contributed by atoms with van der Waals surface area (Å²) in [6, 6.07) is 8.38. The molecule has 0 bridgehead atoms. The number of nitrogens with one attached hydrogen (secondary N) is 1. The molecule has 112 valence electrons. The van der Waals surface area contributed by atoms with Crippen LogP contribution in [0.4, 0.5) is 5.69 Å². The van der Waals surface area contributed by atoms with Gasteiger partial charge in [-0.2, -0.15) is 5.26 Å². The average Bonchev–Trinajstić information content (AvgIpc) is 3.06. The Morgan fingerprint density at radius 2 is 1.91 bits per heavy atom. The summed E-state index contributed by atoms with van der Waals surface area (Å²) < 4.78 is 0. The molecule has 1 aliphatic rings. The van der Waals surface area contributed by atoms with Gasteiger partial charge in [0.25, 0.3) is 0 Å². The number of hydrogen-bond acceptors (Lipinski definition) is 3. The van der Waals surface area contributed by atoms with E-state index in [-0.39, 0.29) is 12.6 Å². The van der Waals surface area contributed by atoms with E-state index in [1.54, 1.807) is 24.3 Å². The van der Waals surface area contributed by atoms with Gasteiger partial charge in [0.15, 0.2) is 0 Å². The number of hydrogen-bond donors (Lipinski definition) is 1. The second kappa shape index (κ2) is 7.28. The fourth-order valence-corrected chi connectivity index (χ4v) is 2.62. The van der Waals surface area contributed by atoms with Gasteiger partial charge in [0, 0.05) is 11.7 Å². The fourth-order valence-electron chi connectivity index (χ4n) is 2.62. The van der Waals surface area contributed by atoms with Gasteiger partial charge in [0.1, 0.15) is 0 Å². The van der Waals surface area contributed by atoms with Crippen molar-refractivity contribution in [3.8, 4) is 18.4 Å². The summed E-state index contributed by atoms with van der Waals surface area (Å²) in [5.41, 5.74) is 0.966. The minimum Gasteiger partial charge on any atom is -0.320 e. The SMILES string of the molecule is C#CCN(C(=O)C(=O)Nc1ccc(C#N)cc1)C1CCCC1. The molecule has 1 aromatic rings. The Balaban J connectivity index is 2.04. The second-order valence-corrected chi connectivity index (χ2v) is 5.22. The van der Waals surface area contributed by atoms with Crippen molar-refractivity contribution in [3.63, 3.8) is 0 Å². The smallest absolute Gasteiger partial charge is 0.313 e. The van der Waals surface area contributed by atoms with Crippen LogP contribution in [0.15, 0.2) is 24.3 Å². The van der Waals surface area contributed by atoms with Gasteiger partial charge in [-0.15, -0.1) is 6.42 Å². The Kier molecular flexibility index (Phi) is 5.16. The molecule has 1 fully saturated rings. The number of anilines is 1. The first-order chi connectivity index (χ1) is 10.7. The number of terminal acetylenes is 1. The van der Waals surface area contributed by atoms with E-state index in [2.05, 4.69) is 11.2 Å². The standard InChI is InChI=1S/C17H17N3O2/c1-2-11-20(15-5-3-4-6-15)17(22)16(21)19-14-9-7-13(12-18)8-10-14/h1,7-10,15H,3-6,11H2,(H,19,21). The first kappa shape index (κ1) is 15.6. The minimum absolute atomic E-state index is 0.0512. The predicted octanol–water partition coefficient (Wildman–Crippen LogP) is 1.90. The van der Waals surface area contributed by atoms with Gasteiger partial charge in [-0.25, -0.2) is 0 Å². The van der Waals surface area contributed by atoms with Gasteiger partial charge >= 0.3 is 11.8 Å². The lowest BCUT2D eigenvalue weighted by atomic mass is 10.2. The maximum atomic E-state index is 12.3. The molecule has 1 aromatic carbocycles. The average molecular weight is 295 g/mol. The molecule has 1 N–H and O–H groups in total. The summed E-state index contributed by atoms with van der Waals surface area (Å²) in [7, 11) is 0. The Morgan fingerprint density at radius 1 is 1.27 bits per heavy atom. The lowest BCUT2D eigenvalue weighted by Crippen LogP contribution is -2.45. The van der Waals surface area contributed by atoms with E-state index < -0.39 is 11.8 Å². The summed E-state index contributed by atoms with van der Waals surface area (Å²) in [6.07, 6.45) is 9.19. The highest BCUT2D eigenvalue weighted by Crippen LogP contribution is 2.23. The molecule has 5 nitrogen and oxygen atoms in total. The Labute approximate surface area is 129 Å². The van der Waals surface area contributed by atoms with Crippen molar-refractivity contribution in [1.29, 1.82) is 5.26 Å². The van der Waals surface area contributed by atoms with Crippen molar-refractivity contribution >= 4 is 17.5 Å². The molecule has 0 saturated heterocycles. The van der Waals surface area contributed by atoms with Crippen molar-refractivity contribution in [2.45, 2.75) is 31.7 Å². The molecular formula is C17H17N3O2. The topological polar surface area (TPSA) is 73.2 Å². The molecule has 0 aliphatic heterocycles. The van der Waals surface area contributed by atoms with Crippen molar-refractivity contribution in [1.82, 2.24) is 4.90 Å². The normalized spacial score (nSPS) is 13.9. The lowest BCUT2D eigenvalue weighted by molar-refractivity contribution is -0.144. The molecule has 2 rings (SSSR count). The molecule has 5 heteroatoms. The maximum absolute atomic E-state index is 12.3. The molecule has 0 spiro atoms. The third-order valence-electron chi connectivity index (χ3n) is 3.75. The zero-order valence-electron chi connectivity index (χ0n) is 12.2. The van der Waals surface area contributed by atoms with Crippen LogP contribution >= 0.6 is 0 Å². The Bertz CT molecular complexity index is 631. The van der Waals surface area contributed by atoms with Crippen LogP contribution in [0.5, 0.6) is 0 Å². The van der Waals surface area contributed by atoms with E-state index in [9.17, 15) is 9.59 Å². The van der Waals surface area contributed by atoms with E-state index in [1.807, 2.05) is 6.07 Å². The summed E-state index contributed by atoms with van der Waals surface area (Å²) in [6.45, 7) is 0.143. The van der Waals surface area contributed by atoms with E-state index >= 15 is 0 Å². The van der Waals surface area contributed by atoms with Crippen LogP contribution in [-0.2, 0) is 9.59 Å². The van der Waals surface area contributed by atoms with Crippen molar-refractivity contribution in [2.24, 2.45) is 0 Å². The molecule has 1 saturated carbocycles. The summed E-state index contributed by atoms with van der Waals surface area (Å²) in [5, 5.41) is 11.3. The quantitative estimate of drug-likeness (QED) is 0.683. The molecule has 0 radical (unpaired) electrons. The van der Waals surface area contributed by atoms with Crippen LogP contribution < -0.4 is 5.32 Å². The zero-order valence-corrected chi connectivity index (χ0v) is 12.2. The van der Waals surface area contributed by atoms with Crippen LogP contribution in [0.3, 0.4) is 0 Å². The first-order valence-electron chi connectivity index (χ1n) is 7.21. The maximum Gasteiger partial charge on any atom is 0.313 e. The molecule has 1 aliphatic carbocycles. The largest absolute Gasteiger partial charge is 0.320 e. The highest BCUT2D eigenvalue weighted by molar-refractivity contribution is 6.39. The van der Waals surface area contributed by atoms with Crippen molar-refractivity contribution in [3.05, 3.63) is 29.8 Å². The molecule has 0 atom stereocenters. The Hall–Kier alpha value is -2.79. The van der Waals surface area contributed by atoms with Crippen LogP contribution in [0, 0.1) is 23.7 Å². The van der Waals surface area contributed by atoms with Crippen molar-refractivity contribution < 1.29 is 9.59 Å². The molecule has 0 heterocycles. The fraction of sp³-hybridized carbons (Fsp3) is 0.353. The zero-order chi connectivity index (χ0) is 15.9. The number of benzene rings is 1. The summed E-state index contributed by atoms with van der Waals surface area (Å²) in [5.74, 6) is 1.14. The predicted molar refractivity (Wildman–Crippen MR) is 82.6 cm³/mol. The number of rotatable bonds is 3. The van der Waals surface area contributed by atoms with Gasteiger partial charge in [-0.3, -0.25) is 9.59 Å². The van der Waals surface area contributed by atoms with E-state index in [0.29, 0.717) is 11.3 Å². The van der Waals surface area contributed by atoms with Crippen molar-refractivity contribution in [2.75, 3.05) is 11.9 Å². The molecule has 22 heavy (non-hydrogen) atoms. The number of nitrogens with zero attached hydrogens (tertiary/aromatic N) is 2. The van der Waals surface area contributed by atoms with E-state index in [0.717, 1.165) is 25.7 Å².